The number of rotatable bonds is 47. The van der Waals surface area contributed by atoms with Crippen LogP contribution in [0.2, 0.25) is 0 Å². The maximum Gasteiger partial charge on any atom is 0.305 e. The minimum Gasteiger partial charge on any atom is -0.466 e. The molecular formula is C53H99NO5. The van der Waals surface area contributed by atoms with Crippen molar-refractivity contribution < 1.29 is 24.5 Å². The fraction of sp³-hybridized carbons (Fsp3) is 0.849. The summed E-state index contributed by atoms with van der Waals surface area (Å²) in [5.74, 6) is -0.132. The van der Waals surface area contributed by atoms with Crippen LogP contribution in [0.15, 0.2) is 36.5 Å². The molecule has 0 aromatic carbocycles. The number of carbonyl (C=O) groups is 2. The van der Waals surface area contributed by atoms with E-state index in [0.29, 0.717) is 19.4 Å². The third-order valence-corrected chi connectivity index (χ3v) is 11.7. The summed E-state index contributed by atoms with van der Waals surface area (Å²) < 4.78 is 5.45. The Balaban J connectivity index is 3.53. The molecule has 0 saturated carbocycles. The zero-order chi connectivity index (χ0) is 43.0. The van der Waals surface area contributed by atoms with Crippen LogP contribution in [-0.2, 0) is 14.3 Å². The Morgan fingerprint density at radius 2 is 0.847 bits per heavy atom. The van der Waals surface area contributed by atoms with E-state index in [0.717, 1.165) is 64.2 Å². The molecular weight excluding hydrogens is 731 g/mol. The molecule has 0 radical (unpaired) electrons. The summed E-state index contributed by atoms with van der Waals surface area (Å²) in [5, 5.41) is 23.0. The van der Waals surface area contributed by atoms with Crippen LogP contribution in [0.1, 0.15) is 264 Å². The highest BCUT2D eigenvalue weighted by Crippen LogP contribution is 2.15. The van der Waals surface area contributed by atoms with Gasteiger partial charge in [0.15, 0.2) is 0 Å². The third kappa shape index (κ3) is 45.4. The van der Waals surface area contributed by atoms with E-state index in [2.05, 4.69) is 43.5 Å². The lowest BCUT2D eigenvalue weighted by Gasteiger charge is -2.20. The fourth-order valence-electron chi connectivity index (χ4n) is 7.66. The summed E-state index contributed by atoms with van der Waals surface area (Å²) in [4.78, 5) is 24.5. The Labute approximate surface area is 366 Å². The molecule has 1 amide bonds. The van der Waals surface area contributed by atoms with Crippen molar-refractivity contribution in [2.45, 2.75) is 276 Å². The molecule has 2 atom stereocenters. The molecule has 346 valence electrons. The average molecular weight is 830 g/mol. The van der Waals surface area contributed by atoms with Crippen LogP contribution in [0.4, 0.5) is 0 Å². The van der Waals surface area contributed by atoms with Gasteiger partial charge < -0.3 is 20.3 Å². The van der Waals surface area contributed by atoms with Crippen LogP contribution in [-0.4, -0.2) is 47.4 Å². The predicted molar refractivity (Wildman–Crippen MR) is 255 cm³/mol. The van der Waals surface area contributed by atoms with Gasteiger partial charge in [-0.25, -0.2) is 0 Å². The molecule has 0 fully saturated rings. The first kappa shape index (κ1) is 57.1. The van der Waals surface area contributed by atoms with E-state index in [1.807, 2.05) is 6.08 Å². The van der Waals surface area contributed by atoms with Gasteiger partial charge in [-0.05, 0) is 64.2 Å². The van der Waals surface area contributed by atoms with Crippen LogP contribution in [0.5, 0.6) is 0 Å². The summed E-state index contributed by atoms with van der Waals surface area (Å²) in [6, 6.07) is -0.649. The van der Waals surface area contributed by atoms with Gasteiger partial charge in [0.1, 0.15) is 0 Å². The first-order valence-electron chi connectivity index (χ1n) is 25.8. The number of aliphatic hydroxyl groups excluding tert-OH is 2. The topological polar surface area (TPSA) is 95.9 Å². The minimum atomic E-state index is -0.863. The van der Waals surface area contributed by atoms with Crippen molar-refractivity contribution in [1.29, 1.82) is 0 Å². The molecule has 0 aliphatic carbocycles. The molecule has 0 rings (SSSR count). The van der Waals surface area contributed by atoms with E-state index in [-0.39, 0.29) is 18.5 Å². The average Bonchev–Trinajstić information content (AvgIpc) is 3.24. The number of ether oxygens (including phenoxy) is 1. The standard InChI is InChI=1S/C53H99NO5/c1-3-5-7-9-11-13-15-17-19-21-23-25-27-31-35-39-43-47-53(58)59-48-44-40-36-32-28-30-34-38-42-46-52(57)54-50(49-55)51(56)45-41-37-33-29-26-24-22-20-18-16-14-12-10-8-6-4-2/h11,13,17,19,41,45,50-51,55-56H,3-10,12,14-16,18,20-40,42-44,46-49H2,1-2H3,(H,54,57)/b13-11-,19-17-,45-41+. The molecule has 2 unspecified atom stereocenters. The molecule has 0 aromatic heterocycles. The molecule has 0 heterocycles. The highest BCUT2D eigenvalue weighted by molar-refractivity contribution is 5.76. The maximum absolute atomic E-state index is 12.4. The summed E-state index contributed by atoms with van der Waals surface area (Å²) in [5.41, 5.74) is 0. The summed E-state index contributed by atoms with van der Waals surface area (Å²) in [6.07, 6.45) is 58.5. The molecule has 6 nitrogen and oxygen atoms in total. The number of hydrogen-bond acceptors (Lipinski definition) is 5. The lowest BCUT2D eigenvalue weighted by Crippen LogP contribution is -2.45. The molecule has 59 heavy (non-hydrogen) atoms. The second-order valence-electron chi connectivity index (χ2n) is 17.5. The van der Waals surface area contributed by atoms with E-state index >= 15 is 0 Å². The minimum absolute atomic E-state index is 0.0354. The highest BCUT2D eigenvalue weighted by atomic mass is 16.5. The maximum atomic E-state index is 12.4. The lowest BCUT2D eigenvalue weighted by molar-refractivity contribution is -0.143. The van der Waals surface area contributed by atoms with Gasteiger partial charge >= 0.3 is 5.97 Å². The van der Waals surface area contributed by atoms with E-state index in [4.69, 9.17) is 4.74 Å². The van der Waals surface area contributed by atoms with E-state index in [1.54, 1.807) is 6.08 Å². The molecule has 6 heteroatoms. The molecule has 0 saturated heterocycles. The first-order valence-corrected chi connectivity index (χ1v) is 25.8. The van der Waals surface area contributed by atoms with Crippen molar-refractivity contribution in [1.82, 2.24) is 5.32 Å². The van der Waals surface area contributed by atoms with Gasteiger partial charge in [0.25, 0.3) is 0 Å². The summed E-state index contributed by atoms with van der Waals surface area (Å²) in [7, 11) is 0. The van der Waals surface area contributed by atoms with E-state index < -0.39 is 12.1 Å². The lowest BCUT2D eigenvalue weighted by atomic mass is 10.0. The van der Waals surface area contributed by atoms with Crippen molar-refractivity contribution in [3.05, 3.63) is 36.5 Å². The quantitative estimate of drug-likeness (QED) is 0.0323. The van der Waals surface area contributed by atoms with Crippen molar-refractivity contribution in [3.8, 4) is 0 Å². The van der Waals surface area contributed by atoms with Crippen LogP contribution in [0.25, 0.3) is 0 Å². The van der Waals surface area contributed by atoms with Crippen LogP contribution >= 0.6 is 0 Å². The van der Waals surface area contributed by atoms with Gasteiger partial charge in [-0.2, -0.15) is 0 Å². The smallest absolute Gasteiger partial charge is 0.305 e. The Kier molecular flexibility index (Phi) is 47.2. The Morgan fingerprint density at radius 1 is 0.475 bits per heavy atom. The number of allylic oxidation sites excluding steroid dienone is 5. The normalized spacial score (nSPS) is 12.9. The molecule has 0 bridgehead atoms. The Hall–Kier alpha value is -1.92. The van der Waals surface area contributed by atoms with Crippen molar-refractivity contribution >= 4 is 11.9 Å². The Bertz CT molecular complexity index is 962. The van der Waals surface area contributed by atoms with Gasteiger partial charge in [0.2, 0.25) is 5.91 Å². The monoisotopic (exact) mass is 830 g/mol. The number of esters is 1. The van der Waals surface area contributed by atoms with Crippen LogP contribution in [0.3, 0.4) is 0 Å². The zero-order valence-electron chi connectivity index (χ0n) is 39.2. The van der Waals surface area contributed by atoms with Gasteiger partial charge in [0, 0.05) is 12.8 Å². The largest absolute Gasteiger partial charge is 0.466 e. The van der Waals surface area contributed by atoms with Gasteiger partial charge in [-0.15, -0.1) is 0 Å². The predicted octanol–water partition coefficient (Wildman–Crippen LogP) is 15.3. The highest BCUT2D eigenvalue weighted by Gasteiger charge is 2.18. The Morgan fingerprint density at radius 3 is 1.32 bits per heavy atom. The number of aliphatic hydroxyl groups is 2. The molecule has 3 N–H and O–H groups in total. The number of amides is 1. The summed E-state index contributed by atoms with van der Waals surface area (Å²) >= 11 is 0. The van der Waals surface area contributed by atoms with Gasteiger partial charge in [0.05, 0.1) is 25.4 Å². The molecule has 0 spiro atoms. The van der Waals surface area contributed by atoms with Crippen molar-refractivity contribution in [2.75, 3.05) is 13.2 Å². The number of unbranched alkanes of at least 4 members (excludes halogenated alkanes) is 32. The number of nitrogens with one attached hydrogen (secondary N) is 1. The van der Waals surface area contributed by atoms with Gasteiger partial charge in [-0.1, -0.05) is 224 Å². The number of hydrogen-bond donors (Lipinski definition) is 3. The van der Waals surface area contributed by atoms with Crippen molar-refractivity contribution in [3.63, 3.8) is 0 Å². The van der Waals surface area contributed by atoms with Crippen LogP contribution < -0.4 is 5.32 Å². The third-order valence-electron chi connectivity index (χ3n) is 11.7. The molecule has 0 aliphatic rings. The fourth-order valence-corrected chi connectivity index (χ4v) is 7.66. The SMILES string of the molecule is CCCCC/C=C\C/C=C\CCCCCCCCCC(=O)OCCCCCCCCCCCC(=O)NC(CO)C(O)/C=C/CCCCCCCCCCCCCCCC. The summed E-state index contributed by atoms with van der Waals surface area (Å²) in [6.45, 7) is 4.81. The molecule has 0 aromatic rings. The second kappa shape index (κ2) is 48.7. The first-order chi connectivity index (χ1) is 29.0. The van der Waals surface area contributed by atoms with E-state index in [1.165, 1.54) is 173 Å². The van der Waals surface area contributed by atoms with Crippen molar-refractivity contribution in [2.24, 2.45) is 0 Å². The zero-order valence-corrected chi connectivity index (χ0v) is 39.2. The van der Waals surface area contributed by atoms with Gasteiger partial charge in [-0.3, -0.25) is 9.59 Å². The van der Waals surface area contributed by atoms with Crippen LogP contribution in [0, 0.1) is 0 Å². The molecule has 0 aliphatic heterocycles. The number of carbonyl (C=O) groups excluding carboxylic acids is 2. The van der Waals surface area contributed by atoms with E-state index in [9.17, 15) is 19.8 Å². The second-order valence-corrected chi connectivity index (χ2v) is 17.5.